The molecule has 25 heavy (non-hydrogen) atoms. The molecule has 1 amide bonds. The van der Waals surface area contributed by atoms with Crippen molar-refractivity contribution in [3.05, 3.63) is 87.6 Å². The van der Waals surface area contributed by atoms with Gasteiger partial charge in [-0.2, -0.15) is 5.10 Å². The van der Waals surface area contributed by atoms with Crippen molar-refractivity contribution >= 4 is 12.1 Å². The summed E-state index contributed by atoms with van der Waals surface area (Å²) in [6.45, 7) is 1.74. The molecule has 1 heterocycles. The predicted molar refractivity (Wildman–Crippen MR) is 92.6 cm³/mol. The van der Waals surface area contributed by atoms with Crippen LogP contribution in [-0.2, 0) is 0 Å². The van der Waals surface area contributed by atoms with E-state index in [0.29, 0.717) is 16.9 Å². The molecular formula is C18H15FN4O2. The largest absolute Gasteiger partial charge is 0.295 e. The van der Waals surface area contributed by atoms with Crippen molar-refractivity contribution in [2.75, 3.05) is 0 Å². The van der Waals surface area contributed by atoms with Gasteiger partial charge in [0.15, 0.2) is 0 Å². The van der Waals surface area contributed by atoms with Crippen LogP contribution >= 0.6 is 0 Å². The van der Waals surface area contributed by atoms with E-state index in [9.17, 15) is 14.0 Å². The Balaban J connectivity index is 1.78. The number of nitrogens with one attached hydrogen (secondary N) is 2. The lowest BCUT2D eigenvalue weighted by molar-refractivity contribution is 0.0955. The quantitative estimate of drug-likeness (QED) is 0.566. The maximum Gasteiger partial charge on any atom is 0.280 e. The summed E-state index contributed by atoms with van der Waals surface area (Å²) in [7, 11) is 0. The van der Waals surface area contributed by atoms with E-state index in [1.165, 1.54) is 35.2 Å². The van der Waals surface area contributed by atoms with E-state index in [4.69, 9.17) is 0 Å². The van der Waals surface area contributed by atoms with Crippen LogP contribution in [0.15, 0.2) is 64.5 Å². The molecule has 0 aliphatic rings. The summed E-state index contributed by atoms with van der Waals surface area (Å²) in [5.41, 5.74) is 3.97. The molecule has 0 aliphatic carbocycles. The molecule has 7 heteroatoms. The number of aromatic nitrogens is 2. The summed E-state index contributed by atoms with van der Waals surface area (Å²) in [6, 6.07) is 14.2. The Labute approximate surface area is 142 Å². The maximum atomic E-state index is 12.9. The number of aryl methyl sites for hydroxylation is 1. The van der Waals surface area contributed by atoms with Crippen molar-refractivity contribution in [1.29, 1.82) is 0 Å². The van der Waals surface area contributed by atoms with E-state index in [0.717, 1.165) is 0 Å². The van der Waals surface area contributed by atoms with Gasteiger partial charge in [-0.3, -0.25) is 14.7 Å². The van der Waals surface area contributed by atoms with Gasteiger partial charge in [0, 0.05) is 11.3 Å². The molecule has 2 N–H and O–H groups in total. The van der Waals surface area contributed by atoms with Gasteiger partial charge in [0.05, 0.1) is 17.5 Å². The zero-order chi connectivity index (χ0) is 17.8. The molecule has 0 saturated heterocycles. The van der Waals surface area contributed by atoms with Crippen LogP contribution in [0.25, 0.3) is 5.69 Å². The highest BCUT2D eigenvalue weighted by Crippen LogP contribution is 2.06. The number of hydrogen-bond donors (Lipinski definition) is 2. The fraction of sp³-hybridized carbons (Fsp3) is 0.0556. The average molecular weight is 338 g/mol. The molecule has 3 rings (SSSR count). The number of para-hydroxylation sites is 1. The van der Waals surface area contributed by atoms with Gasteiger partial charge in [-0.1, -0.05) is 18.2 Å². The van der Waals surface area contributed by atoms with Crippen molar-refractivity contribution in [2.45, 2.75) is 6.92 Å². The van der Waals surface area contributed by atoms with Crippen molar-refractivity contribution in [3.63, 3.8) is 0 Å². The van der Waals surface area contributed by atoms with E-state index in [2.05, 4.69) is 15.6 Å². The highest BCUT2D eigenvalue weighted by molar-refractivity contribution is 5.94. The zero-order valence-corrected chi connectivity index (χ0v) is 13.4. The third kappa shape index (κ3) is 3.55. The first-order chi connectivity index (χ1) is 12.1. The monoisotopic (exact) mass is 338 g/mol. The second kappa shape index (κ2) is 6.96. The van der Waals surface area contributed by atoms with Crippen LogP contribution < -0.4 is 11.0 Å². The van der Waals surface area contributed by atoms with Crippen LogP contribution in [0.2, 0.25) is 0 Å². The highest BCUT2D eigenvalue weighted by Gasteiger charge is 2.10. The van der Waals surface area contributed by atoms with Crippen molar-refractivity contribution in [3.8, 4) is 5.69 Å². The van der Waals surface area contributed by atoms with Crippen LogP contribution in [0.4, 0.5) is 4.39 Å². The molecule has 0 aliphatic heterocycles. The maximum absolute atomic E-state index is 12.9. The number of aromatic amines is 1. The molecule has 1 aromatic heterocycles. The molecule has 0 spiro atoms. The number of H-pyrrole nitrogens is 1. The predicted octanol–water partition coefficient (Wildman–Crippen LogP) is 2.38. The summed E-state index contributed by atoms with van der Waals surface area (Å²) in [5.74, 6) is -0.919. The second-order valence-corrected chi connectivity index (χ2v) is 5.33. The van der Waals surface area contributed by atoms with Crippen molar-refractivity contribution in [1.82, 2.24) is 15.2 Å². The number of hydrazone groups is 1. The summed E-state index contributed by atoms with van der Waals surface area (Å²) < 4.78 is 14.3. The van der Waals surface area contributed by atoms with E-state index in [1.54, 1.807) is 19.1 Å². The Hall–Kier alpha value is -3.48. The van der Waals surface area contributed by atoms with Gasteiger partial charge in [0.1, 0.15) is 5.82 Å². The minimum Gasteiger partial charge on any atom is -0.295 e. The lowest BCUT2D eigenvalue weighted by Gasteiger charge is -1.99. The van der Waals surface area contributed by atoms with Crippen LogP contribution in [-0.4, -0.2) is 21.9 Å². The number of amides is 1. The first-order valence-electron chi connectivity index (χ1n) is 7.52. The Morgan fingerprint density at radius 2 is 1.84 bits per heavy atom. The number of carbonyl (C=O) groups is 1. The summed E-state index contributed by atoms with van der Waals surface area (Å²) in [4.78, 5) is 24.4. The molecule has 126 valence electrons. The van der Waals surface area contributed by atoms with Crippen molar-refractivity contribution < 1.29 is 9.18 Å². The van der Waals surface area contributed by atoms with E-state index in [1.807, 2.05) is 18.2 Å². The molecule has 3 aromatic rings. The van der Waals surface area contributed by atoms with E-state index < -0.39 is 11.7 Å². The van der Waals surface area contributed by atoms with Crippen LogP contribution in [0.1, 0.15) is 21.6 Å². The van der Waals surface area contributed by atoms with Gasteiger partial charge < -0.3 is 0 Å². The Bertz CT molecular complexity index is 973. The number of carbonyl (C=O) groups excluding carboxylic acids is 1. The van der Waals surface area contributed by atoms with Crippen LogP contribution in [0.3, 0.4) is 0 Å². The number of hydrogen-bond acceptors (Lipinski definition) is 3. The average Bonchev–Trinajstić information content (AvgIpc) is 2.91. The highest BCUT2D eigenvalue weighted by atomic mass is 19.1. The Morgan fingerprint density at radius 1 is 1.16 bits per heavy atom. The third-order valence-electron chi connectivity index (χ3n) is 3.60. The molecule has 6 nitrogen and oxygen atoms in total. The van der Waals surface area contributed by atoms with Gasteiger partial charge >= 0.3 is 0 Å². The molecule has 0 fully saturated rings. The standard InChI is InChI=1S/C18H15FN4O2/c1-12-16(18(25)23(22-12)15-5-3-2-4-6-15)11-20-21-17(24)13-7-9-14(19)10-8-13/h2-11,22H,1H3,(H,21,24)/b20-11-. The SMILES string of the molecule is Cc1[nH]n(-c2ccccc2)c(=O)c1/C=N\NC(=O)c1ccc(F)cc1. The van der Waals surface area contributed by atoms with Crippen LogP contribution in [0, 0.1) is 12.7 Å². The molecular weight excluding hydrogens is 323 g/mol. The van der Waals surface area contributed by atoms with Gasteiger partial charge in [-0.25, -0.2) is 14.5 Å². The van der Waals surface area contributed by atoms with Gasteiger partial charge in [0.2, 0.25) is 0 Å². The van der Waals surface area contributed by atoms with Gasteiger partial charge in [0.25, 0.3) is 11.5 Å². The lowest BCUT2D eigenvalue weighted by Crippen LogP contribution is -2.20. The molecule has 0 unspecified atom stereocenters. The summed E-state index contributed by atoms with van der Waals surface area (Å²) in [5, 5.41) is 6.78. The first-order valence-corrected chi connectivity index (χ1v) is 7.52. The smallest absolute Gasteiger partial charge is 0.280 e. The fourth-order valence-electron chi connectivity index (χ4n) is 2.29. The normalized spacial score (nSPS) is 11.0. The number of rotatable bonds is 4. The first kappa shape index (κ1) is 16.4. The minimum absolute atomic E-state index is 0.269. The topological polar surface area (TPSA) is 79.2 Å². The van der Waals surface area contributed by atoms with Gasteiger partial charge in [-0.05, 0) is 43.3 Å². The number of halogens is 1. The summed E-state index contributed by atoms with van der Waals surface area (Å²) in [6.07, 6.45) is 1.29. The Morgan fingerprint density at radius 3 is 2.52 bits per heavy atom. The van der Waals surface area contributed by atoms with E-state index >= 15 is 0 Å². The lowest BCUT2D eigenvalue weighted by atomic mass is 10.2. The Kier molecular flexibility index (Phi) is 4.56. The fourth-order valence-corrected chi connectivity index (χ4v) is 2.29. The zero-order valence-electron chi connectivity index (χ0n) is 13.4. The van der Waals surface area contributed by atoms with Crippen LogP contribution in [0.5, 0.6) is 0 Å². The molecule has 2 aromatic carbocycles. The minimum atomic E-state index is -0.493. The molecule has 0 atom stereocenters. The molecule has 0 radical (unpaired) electrons. The van der Waals surface area contributed by atoms with Gasteiger partial charge in [-0.15, -0.1) is 0 Å². The summed E-state index contributed by atoms with van der Waals surface area (Å²) >= 11 is 0. The van der Waals surface area contributed by atoms with E-state index in [-0.39, 0.29) is 11.1 Å². The molecule has 0 bridgehead atoms. The number of nitrogens with zero attached hydrogens (tertiary/aromatic N) is 2. The van der Waals surface area contributed by atoms with Crippen molar-refractivity contribution in [2.24, 2.45) is 5.10 Å². The number of benzene rings is 2. The molecule has 0 saturated carbocycles. The third-order valence-corrected chi connectivity index (χ3v) is 3.60. The second-order valence-electron chi connectivity index (χ2n) is 5.33.